The Balaban J connectivity index is 2.89. The van der Waals surface area contributed by atoms with Gasteiger partial charge in [0.25, 0.3) is 0 Å². The van der Waals surface area contributed by atoms with Gasteiger partial charge in [-0.2, -0.15) is 0 Å². The molecule has 0 saturated heterocycles. The highest BCUT2D eigenvalue weighted by atomic mass is 16.5. The van der Waals surface area contributed by atoms with Crippen molar-refractivity contribution in [2.45, 2.75) is 12.8 Å². The molecule has 0 aliphatic heterocycles. The van der Waals surface area contributed by atoms with Crippen LogP contribution in [0.2, 0.25) is 0 Å². The van der Waals surface area contributed by atoms with Crippen LogP contribution in [0.4, 0.5) is 0 Å². The first kappa shape index (κ1) is 15.4. The summed E-state index contributed by atoms with van der Waals surface area (Å²) in [7, 11) is 3.35. The van der Waals surface area contributed by atoms with Crippen LogP contribution in [-0.4, -0.2) is 38.5 Å². The van der Waals surface area contributed by atoms with E-state index in [0.29, 0.717) is 13.2 Å². The van der Waals surface area contributed by atoms with E-state index in [1.807, 2.05) is 18.2 Å². The molecule has 0 saturated carbocycles. The highest BCUT2D eigenvalue weighted by Gasteiger charge is 2.03. The normalized spacial score (nSPS) is 11.1. The molecule has 0 amide bonds. The van der Waals surface area contributed by atoms with Gasteiger partial charge in [0.15, 0.2) is 0 Å². The van der Waals surface area contributed by atoms with Crippen molar-refractivity contribution in [1.29, 1.82) is 0 Å². The predicted octanol–water partition coefficient (Wildman–Crippen LogP) is 2.16. The molecule has 0 heterocycles. The van der Waals surface area contributed by atoms with Gasteiger partial charge in [-0.05, 0) is 35.6 Å². The smallest absolute Gasteiger partial charge is 0.328 e. The Hall–Kier alpha value is -1.65. The highest BCUT2D eigenvalue weighted by Crippen LogP contribution is 2.15. The molecule has 1 rings (SSSR count). The van der Waals surface area contributed by atoms with Gasteiger partial charge in [-0.1, -0.05) is 18.2 Å². The summed E-state index contributed by atoms with van der Waals surface area (Å²) in [6.45, 7) is 1.32. The van der Waals surface area contributed by atoms with Crippen molar-refractivity contribution in [3.8, 4) is 0 Å². The number of methoxy groups -OCH3 is 2. The molecule has 0 unspecified atom stereocenters. The lowest BCUT2D eigenvalue weighted by molar-refractivity contribution is -0.131. The average Bonchev–Trinajstić information content (AvgIpc) is 2.41. The van der Waals surface area contributed by atoms with E-state index in [1.54, 1.807) is 20.3 Å². The monoisotopic (exact) mass is 264 g/mol. The summed E-state index contributed by atoms with van der Waals surface area (Å²) in [5, 5.41) is 8.63. The van der Waals surface area contributed by atoms with Crippen molar-refractivity contribution in [3.63, 3.8) is 0 Å². The molecule has 0 aliphatic rings. The lowest BCUT2D eigenvalue weighted by Gasteiger charge is -2.10. The number of hydrogen-bond acceptors (Lipinski definition) is 3. The highest BCUT2D eigenvalue weighted by molar-refractivity contribution is 5.85. The largest absolute Gasteiger partial charge is 0.478 e. The molecule has 0 fully saturated rings. The number of aliphatic carboxylic acids is 1. The molecule has 0 aromatic heterocycles. The fourth-order valence-electron chi connectivity index (χ4n) is 1.82. The minimum atomic E-state index is -0.943. The van der Waals surface area contributed by atoms with Gasteiger partial charge in [0.1, 0.15) is 0 Å². The quantitative estimate of drug-likeness (QED) is 0.731. The molecule has 0 radical (unpaired) electrons. The Morgan fingerprint density at radius 2 is 1.79 bits per heavy atom. The van der Waals surface area contributed by atoms with Gasteiger partial charge in [0.05, 0.1) is 13.2 Å². The molecule has 4 nitrogen and oxygen atoms in total. The standard InChI is InChI=1S/C15H20O4/c1-18-9-7-13-5-3-12(4-6-15(16)17)11-14(13)8-10-19-2/h3-6,11H,7-10H2,1-2H3,(H,16,17)/b6-4+. The van der Waals surface area contributed by atoms with Gasteiger partial charge in [0.2, 0.25) is 0 Å². The van der Waals surface area contributed by atoms with Gasteiger partial charge < -0.3 is 14.6 Å². The lowest BCUT2D eigenvalue weighted by Crippen LogP contribution is -2.03. The molecule has 0 bridgehead atoms. The Kier molecular flexibility index (Phi) is 6.85. The van der Waals surface area contributed by atoms with Gasteiger partial charge in [-0.3, -0.25) is 0 Å². The zero-order valence-corrected chi connectivity index (χ0v) is 11.4. The maximum absolute atomic E-state index is 10.5. The van der Waals surface area contributed by atoms with Crippen molar-refractivity contribution in [2.24, 2.45) is 0 Å². The van der Waals surface area contributed by atoms with Crippen LogP contribution in [0, 0.1) is 0 Å². The third-order valence-corrected chi connectivity index (χ3v) is 2.80. The minimum Gasteiger partial charge on any atom is -0.478 e. The third kappa shape index (κ3) is 5.68. The van der Waals surface area contributed by atoms with Gasteiger partial charge in [0, 0.05) is 20.3 Å². The summed E-state index contributed by atoms with van der Waals surface area (Å²) in [5.74, 6) is -0.943. The number of carboxylic acids is 1. The maximum atomic E-state index is 10.5. The Morgan fingerprint density at radius 3 is 2.37 bits per heavy atom. The Labute approximate surface area is 113 Å². The Bertz CT molecular complexity index is 438. The molecule has 1 N–H and O–H groups in total. The zero-order chi connectivity index (χ0) is 14.1. The van der Waals surface area contributed by atoms with E-state index in [4.69, 9.17) is 14.6 Å². The number of hydrogen-bond donors (Lipinski definition) is 1. The number of benzene rings is 1. The molecule has 0 aliphatic carbocycles. The van der Waals surface area contributed by atoms with E-state index in [-0.39, 0.29) is 0 Å². The fourth-order valence-corrected chi connectivity index (χ4v) is 1.82. The maximum Gasteiger partial charge on any atom is 0.328 e. The fraction of sp³-hybridized carbons (Fsp3) is 0.400. The van der Waals surface area contributed by atoms with Crippen LogP contribution in [-0.2, 0) is 27.1 Å². The van der Waals surface area contributed by atoms with E-state index < -0.39 is 5.97 Å². The molecule has 19 heavy (non-hydrogen) atoms. The Morgan fingerprint density at radius 1 is 1.16 bits per heavy atom. The van der Waals surface area contributed by atoms with E-state index in [9.17, 15) is 4.79 Å². The van der Waals surface area contributed by atoms with Crippen molar-refractivity contribution in [1.82, 2.24) is 0 Å². The first-order valence-corrected chi connectivity index (χ1v) is 6.18. The van der Waals surface area contributed by atoms with Crippen LogP contribution in [0.3, 0.4) is 0 Å². The molecular weight excluding hydrogens is 244 g/mol. The van der Waals surface area contributed by atoms with Gasteiger partial charge >= 0.3 is 5.97 Å². The molecule has 0 spiro atoms. The van der Waals surface area contributed by atoms with E-state index in [0.717, 1.165) is 24.5 Å². The molecule has 1 aromatic rings. The van der Waals surface area contributed by atoms with Gasteiger partial charge in [-0.25, -0.2) is 4.79 Å². The van der Waals surface area contributed by atoms with Crippen LogP contribution in [0.1, 0.15) is 16.7 Å². The second-order valence-corrected chi connectivity index (χ2v) is 4.19. The summed E-state index contributed by atoms with van der Waals surface area (Å²) in [5.41, 5.74) is 3.27. The van der Waals surface area contributed by atoms with Crippen LogP contribution in [0.5, 0.6) is 0 Å². The lowest BCUT2D eigenvalue weighted by atomic mass is 9.99. The van der Waals surface area contributed by atoms with Crippen molar-refractivity contribution >= 4 is 12.0 Å². The summed E-state index contributed by atoms with van der Waals surface area (Å²) in [6, 6.07) is 5.94. The van der Waals surface area contributed by atoms with E-state index >= 15 is 0 Å². The van der Waals surface area contributed by atoms with E-state index in [2.05, 4.69) is 0 Å². The zero-order valence-electron chi connectivity index (χ0n) is 11.4. The summed E-state index contributed by atoms with van der Waals surface area (Å²) in [6.07, 6.45) is 4.39. The van der Waals surface area contributed by atoms with Crippen LogP contribution < -0.4 is 0 Å². The summed E-state index contributed by atoms with van der Waals surface area (Å²) < 4.78 is 10.2. The van der Waals surface area contributed by atoms with Crippen LogP contribution >= 0.6 is 0 Å². The summed E-state index contributed by atoms with van der Waals surface area (Å²) in [4.78, 5) is 10.5. The SMILES string of the molecule is COCCc1ccc(/C=C/C(=O)O)cc1CCOC. The topological polar surface area (TPSA) is 55.8 Å². The summed E-state index contributed by atoms with van der Waals surface area (Å²) >= 11 is 0. The van der Waals surface area contributed by atoms with Gasteiger partial charge in [-0.15, -0.1) is 0 Å². The second kappa shape index (κ2) is 8.45. The van der Waals surface area contributed by atoms with Crippen molar-refractivity contribution < 1.29 is 19.4 Å². The molecule has 1 aromatic carbocycles. The second-order valence-electron chi connectivity index (χ2n) is 4.19. The average molecular weight is 264 g/mol. The number of ether oxygens (including phenoxy) is 2. The van der Waals surface area contributed by atoms with Crippen molar-refractivity contribution in [3.05, 3.63) is 41.0 Å². The third-order valence-electron chi connectivity index (χ3n) is 2.80. The first-order valence-electron chi connectivity index (χ1n) is 6.18. The number of carboxylic acid groups (broad SMARTS) is 1. The number of carbonyl (C=O) groups is 1. The van der Waals surface area contributed by atoms with E-state index in [1.165, 1.54) is 11.1 Å². The number of rotatable bonds is 8. The van der Waals surface area contributed by atoms with Crippen molar-refractivity contribution in [2.75, 3.05) is 27.4 Å². The minimum absolute atomic E-state index is 0.645. The molecule has 4 heteroatoms. The van der Waals surface area contributed by atoms with Crippen LogP contribution in [0.25, 0.3) is 6.08 Å². The molecular formula is C15H20O4. The van der Waals surface area contributed by atoms with Crippen LogP contribution in [0.15, 0.2) is 24.3 Å². The first-order chi connectivity index (χ1) is 9.17. The predicted molar refractivity (Wildman–Crippen MR) is 74.3 cm³/mol. The molecule has 0 atom stereocenters. The molecule has 104 valence electrons.